The highest BCUT2D eigenvalue weighted by atomic mass is 16.6. The Morgan fingerprint density at radius 1 is 1.82 bits per heavy atom. The van der Waals surface area contributed by atoms with Crippen molar-refractivity contribution in [3.63, 3.8) is 0 Å². The number of amides is 1. The molecule has 1 aromatic rings. The molecule has 1 rings (SSSR count). The second-order valence-electron chi connectivity index (χ2n) is 1.96. The molecule has 0 aromatic carbocycles. The minimum atomic E-state index is -0.413. The summed E-state index contributed by atoms with van der Waals surface area (Å²) in [5.41, 5.74) is 2.33. The van der Waals surface area contributed by atoms with Crippen molar-refractivity contribution in [2.75, 3.05) is 7.11 Å². The number of hydrogen-bond donors (Lipinski definition) is 1. The summed E-state index contributed by atoms with van der Waals surface area (Å²) in [6.45, 7) is 1.70. The van der Waals surface area contributed by atoms with Crippen molar-refractivity contribution in [1.82, 2.24) is 10.6 Å². The maximum Gasteiger partial charge on any atom is 0.296 e. The molecule has 0 unspecified atom stereocenters. The summed E-state index contributed by atoms with van der Waals surface area (Å²) in [5.74, 6) is 0.176. The van der Waals surface area contributed by atoms with Gasteiger partial charge < -0.3 is 4.52 Å². The molecule has 5 heteroatoms. The third-order valence-corrected chi connectivity index (χ3v) is 1.06. The molecular weight excluding hydrogens is 148 g/mol. The smallest absolute Gasteiger partial charge is 0.296 e. The van der Waals surface area contributed by atoms with Crippen molar-refractivity contribution in [3.8, 4) is 0 Å². The van der Waals surface area contributed by atoms with E-state index in [2.05, 4.69) is 20.0 Å². The lowest BCUT2D eigenvalue weighted by Crippen LogP contribution is -2.21. The molecule has 0 aliphatic heterocycles. The van der Waals surface area contributed by atoms with Crippen LogP contribution in [0.2, 0.25) is 0 Å². The van der Waals surface area contributed by atoms with Crippen LogP contribution in [-0.4, -0.2) is 18.2 Å². The maximum absolute atomic E-state index is 10.9. The Kier molecular flexibility index (Phi) is 2.22. The number of carbonyl (C=O) groups is 1. The van der Waals surface area contributed by atoms with Gasteiger partial charge in [-0.1, -0.05) is 5.16 Å². The van der Waals surface area contributed by atoms with Gasteiger partial charge in [-0.05, 0) is 6.92 Å². The molecule has 0 aliphatic rings. The van der Waals surface area contributed by atoms with Crippen molar-refractivity contribution in [1.29, 1.82) is 0 Å². The average Bonchev–Trinajstić information content (AvgIpc) is 2.36. The molecule has 1 heterocycles. The lowest BCUT2D eigenvalue weighted by Gasteiger charge is -1.94. The molecule has 1 amide bonds. The van der Waals surface area contributed by atoms with Gasteiger partial charge in [0.05, 0.1) is 7.11 Å². The zero-order chi connectivity index (χ0) is 8.27. The number of rotatable bonds is 2. The van der Waals surface area contributed by atoms with Gasteiger partial charge in [-0.15, -0.1) is 0 Å². The summed E-state index contributed by atoms with van der Waals surface area (Å²) >= 11 is 0. The molecule has 5 nitrogen and oxygen atoms in total. The van der Waals surface area contributed by atoms with Gasteiger partial charge in [0.25, 0.3) is 5.91 Å². The van der Waals surface area contributed by atoms with E-state index >= 15 is 0 Å². The molecule has 11 heavy (non-hydrogen) atoms. The van der Waals surface area contributed by atoms with E-state index in [4.69, 9.17) is 0 Å². The zero-order valence-corrected chi connectivity index (χ0v) is 6.25. The first-order chi connectivity index (χ1) is 5.24. The number of hydrogen-bond acceptors (Lipinski definition) is 4. The van der Waals surface area contributed by atoms with Crippen molar-refractivity contribution in [2.45, 2.75) is 6.92 Å². The van der Waals surface area contributed by atoms with Crippen LogP contribution in [0.25, 0.3) is 0 Å². The predicted octanol–water partition coefficient (Wildman–Crippen LogP) is 0.274. The molecule has 0 spiro atoms. The largest absolute Gasteiger partial charge is 0.361 e. The van der Waals surface area contributed by atoms with Crippen LogP contribution in [0.5, 0.6) is 0 Å². The second kappa shape index (κ2) is 3.16. The first kappa shape index (κ1) is 7.74. The SMILES string of the molecule is CONC(=O)c1cc(C)on1. The molecular formula is C6H8N2O3. The summed E-state index contributed by atoms with van der Waals surface area (Å²) in [4.78, 5) is 15.3. The standard InChI is InChI=1S/C6H8N2O3/c1-4-3-5(7-11-4)6(9)8-10-2/h3H,1-2H3,(H,8,9). The molecule has 0 bridgehead atoms. The highest BCUT2D eigenvalue weighted by Crippen LogP contribution is 2.00. The van der Waals surface area contributed by atoms with E-state index in [1.807, 2.05) is 0 Å². The van der Waals surface area contributed by atoms with Gasteiger partial charge in [0.15, 0.2) is 5.69 Å². The van der Waals surface area contributed by atoms with Crippen LogP contribution in [0, 0.1) is 6.92 Å². The molecule has 0 fully saturated rings. The van der Waals surface area contributed by atoms with Crippen molar-refractivity contribution in [2.24, 2.45) is 0 Å². The lowest BCUT2D eigenvalue weighted by molar-refractivity contribution is 0.0528. The van der Waals surface area contributed by atoms with E-state index in [1.54, 1.807) is 6.92 Å². The van der Waals surface area contributed by atoms with E-state index in [-0.39, 0.29) is 5.69 Å². The number of carbonyl (C=O) groups excluding carboxylic acids is 1. The number of hydroxylamine groups is 1. The second-order valence-corrected chi connectivity index (χ2v) is 1.96. The van der Waals surface area contributed by atoms with Gasteiger partial charge in [-0.25, -0.2) is 5.48 Å². The Morgan fingerprint density at radius 2 is 2.55 bits per heavy atom. The molecule has 60 valence electrons. The van der Waals surface area contributed by atoms with Gasteiger partial charge in [0.1, 0.15) is 5.76 Å². The van der Waals surface area contributed by atoms with Crippen LogP contribution in [0.15, 0.2) is 10.6 Å². The van der Waals surface area contributed by atoms with Gasteiger partial charge in [-0.2, -0.15) is 0 Å². The van der Waals surface area contributed by atoms with Crippen LogP contribution < -0.4 is 5.48 Å². The van der Waals surface area contributed by atoms with Crippen LogP contribution in [0.1, 0.15) is 16.2 Å². The number of nitrogens with zero attached hydrogens (tertiary/aromatic N) is 1. The fraction of sp³-hybridized carbons (Fsp3) is 0.333. The van der Waals surface area contributed by atoms with E-state index in [0.717, 1.165) is 0 Å². The van der Waals surface area contributed by atoms with Crippen LogP contribution in [-0.2, 0) is 4.84 Å². The highest BCUT2D eigenvalue weighted by Gasteiger charge is 2.08. The third-order valence-electron chi connectivity index (χ3n) is 1.06. The quantitative estimate of drug-likeness (QED) is 0.624. The molecule has 0 saturated carbocycles. The third kappa shape index (κ3) is 1.78. The summed E-state index contributed by atoms with van der Waals surface area (Å²) in [6.07, 6.45) is 0. The molecule has 0 radical (unpaired) electrons. The van der Waals surface area contributed by atoms with Crippen molar-refractivity contribution in [3.05, 3.63) is 17.5 Å². The number of aryl methyl sites for hydroxylation is 1. The molecule has 0 atom stereocenters. The molecule has 1 aromatic heterocycles. The first-order valence-electron chi connectivity index (χ1n) is 3.00. The predicted molar refractivity (Wildman–Crippen MR) is 35.7 cm³/mol. The summed E-state index contributed by atoms with van der Waals surface area (Å²) < 4.78 is 4.67. The van der Waals surface area contributed by atoms with Gasteiger partial charge in [-0.3, -0.25) is 9.63 Å². The maximum atomic E-state index is 10.9. The Balaban J connectivity index is 2.69. The zero-order valence-electron chi connectivity index (χ0n) is 6.25. The van der Waals surface area contributed by atoms with E-state index in [9.17, 15) is 4.79 Å². The minimum Gasteiger partial charge on any atom is -0.361 e. The Labute approximate surface area is 63.3 Å². The monoisotopic (exact) mass is 156 g/mol. The van der Waals surface area contributed by atoms with Gasteiger partial charge in [0, 0.05) is 6.07 Å². The number of nitrogens with one attached hydrogen (secondary N) is 1. The highest BCUT2D eigenvalue weighted by molar-refractivity contribution is 5.91. The minimum absolute atomic E-state index is 0.212. The summed E-state index contributed by atoms with van der Waals surface area (Å²) in [6, 6.07) is 1.52. The summed E-state index contributed by atoms with van der Waals surface area (Å²) in [5, 5.41) is 3.47. The Hall–Kier alpha value is -1.36. The fourth-order valence-corrected chi connectivity index (χ4v) is 0.618. The molecule has 1 N–H and O–H groups in total. The van der Waals surface area contributed by atoms with Gasteiger partial charge in [0.2, 0.25) is 0 Å². The van der Waals surface area contributed by atoms with Crippen LogP contribution in [0.3, 0.4) is 0 Å². The van der Waals surface area contributed by atoms with E-state index in [0.29, 0.717) is 5.76 Å². The molecule has 0 aliphatic carbocycles. The first-order valence-corrected chi connectivity index (χ1v) is 3.00. The lowest BCUT2D eigenvalue weighted by atomic mass is 10.4. The molecule has 0 saturated heterocycles. The number of aromatic nitrogens is 1. The van der Waals surface area contributed by atoms with Crippen LogP contribution >= 0.6 is 0 Å². The Morgan fingerprint density at radius 3 is 3.00 bits per heavy atom. The Bertz CT molecular complexity index is 256. The van der Waals surface area contributed by atoms with E-state index in [1.165, 1.54) is 13.2 Å². The fourth-order valence-electron chi connectivity index (χ4n) is 0.618. The van der Waals surface area contributed by atoms with Crippen LogP contribution in [0.4, 0.5) is 0 Å². The normalized spacial score (nSPS) is 9.64. The van der Waals surface area contributed by atoms with E-state index < -0.39 is 5.91 Å². The topological polar surface area (TPSA) is 64.4 Å². The van der Waals surface area contributed by atoms with Crippen molar-refractivity contribution >= 4 is 5.91 Å². The average molecular weight is 156 g/mol. The van der Waals surface area contributed by atoms with Gasteiger partial charge >= 0.3 is 0 Å². The summed E-state index contributed by atoms with van der Waals surface area (Å²) in [7, 11) is 1.35. The van der Waals surface area contributed by atoms with Crippen molar-refractivity contribution < 1.29 is 14.2 Å².